The second-order valence-corrected chi connectivity index (χ2v) is 10.2. The van der Waals surface area contributed by atoms with E-state index in [1.807, 2.05) is 6.92 Å². The predicted octanol–water partition coefficient (Wildman–Crippen LogP) is 1.02. The van der Waals surface area contributed by atoms with Crippen LogP contribution in [0.2, 0.25) is 0 Å². The Bertz CT molecular complexity index is 882. The molecule has 0 spiro atoms. The summed E-state index contributed by atoms with van der Waals surface area (Å²) in [6.45, 7) is 8.69. The first kappa shape index (κ1) is 39.3. The summed E-state index contributed by atoms with van der Waals surface area (Å²) in [5.41, 5.74) is 0.972. The van der Waals surface area contributed by atoms with E-state index in [2.05, 4.69) is 4.74 Å². The van der Waals surface area contributed by atoms with Crippen molar-refractivity contribution in [3.8, 4) is 0 Å². The Kier molecular flexibility index (Phi) is 25.4. The van der Waals surface area contributed by atoms with E-state index in [-0.39, 0.29) is 24.7 Å². The zero-order chi connectivity index (χ0) is 31.3. The van der Waals surface area contributed by atoms with Crippen LogP contribution in [-0.4, -0.2) is 147 Å². The average molecular weight is 641 g/mol. The number of esters is 1. The molecule has 0 heterocycles. The standard InChI is InChI=1S/C28H48O14S/c1-26-3-5-27(6-4-26)43(30,31)42-24-23-40-20-19-38-16-15-36-12-11-34-8-7-33-9-10-35-13-14-37-17-18-39-21-22-41-25-28(29)32-2/h3-6H,7-25H2,1-2H3. The van der Waals surface area contributed by atoms with Gasteiger partial charge in [-0.15, -0.1) is 0 Å². The van der Waals surface area contributed by atoms with Crippen LogP contribution in [0, 0.1) is 6.92 Å². The van der Waals surface area contributed by atoms with Gasteiger partial charge in [0.25, 0.3) is 10.1 Å². The lowest BCUT2D eigenvalue weighted by molar-refractivity contribution is -0.146. The maximum Gasteiger partial charge on any atom is 0.331 e. The van der Waals surface area contributed by atoms with Gasteiger partial charge in [-0.25, -0.2) is 4.79 Å². The quantitative estimate of drug-likeness (QED) is 0.0645. The number of benzene rings is 1. The van der Waals surface area contributed by atoms with Gasteiger partial charge in [0.05, 0.1) is 131 Å². The lowest BCUT2D eigenvalue weighted by Gasteiger charge is -2.09. The molecular weight excluding hydrogens is 592 g/mol. The molecule has 15 heteroatoms. The second kappa shape index (κ2) is 27.8. The maximum atomic E-state index is 12.1. The first-order valence-electron chi connectivity index (χ1n) is 14.2. The van der Waals surface area contributed by atoms with Gasteiger partial charge in [0.2, 0.25) is 0 Å². The molecule has 1 aromatic rings. The van der Waals surface area contributed by atoms with Gasteiger partial charge in [-0.05, 0) is 19.1 Å². The van der Waals surface area contributed by atoms with Crippen molar-refractivity contribution in [3.63, 3.8) is 0 Å². The van der Waals surface area contributed by atoms with Crippen molar-refractivity contribution in [1.29, 1.82) is 0 Å². The van der Waals surface area contributed by atoms with Gasteiger partial charge >= 0.3 is 5.97 Å². The van der Waals surface area contributed by atoms with Crippen molar-refractivity contribution in [3.05, 3.63) is 29.8 Å². The third-order valence-corrected chi connectivity index (χ3v) is 6.53. The molecule has 43 heavy (non-hydrogen) atoms. The molecule has 0 amide bonds. The SMILES string of the molecule is COC(=O)COCCOCCOCCOCCOCCOCCOCCOCCOCCOS(=O)(=O)c1ccc(C)cc1. The molecule has 0 saturated carbocycles. The molecule has 0 saturated heterocycles. The molecule has 1 rings (SSSR count). The summed E-state index contributed by atoms with van der Waals surface area (Å²) in [7, 11) is -2.47. The van der Waals surface area contributed by atoms with Crippen molar-refractivity contribution in [2.24, 2.45) is 0 Å². The maximum absolute atomic E-state index is 12.1. The van der Waals surface area contributed by atoms with Gasteiger partial charge in [0.15, 0.2) is 0 Å². The smallest absolute Gasteiger partial charge is 0.331 e. The van der Waals surface area contributed by atoms with Crippen LogP contribution in [0.1, 0.15) is 5.56 Å². The first-order valence-corrected chi connectivity index (χ1v) is 15.6. The van der Waals surface area contributed by atoms with Crippen LogP contribution >= 0.6 is 0 Å². The summed E-state index contributed by atoms with van der Waals surface area (Å²) in [5.74, 6) is -0.415. The molecule has 0 aliphatic rings. The fourth-order valence-electron chi connectivity index (χ4n) is 2.95. The van der Waals surface area contributed by atoms with E-state index in [9.17, 15) is 13.2 Å². The molecule has 0 fully saturated rings. The molecule has 0 aliphatic heterocycles. The number of carbonyl (C=O) groups excluding carboxylic acids is 1. The van der Waals surface area contributed by atoms with Crippen molar-refractivity contribution in [2.45, 2.75) is 11.8 Å². The minimum absolute atomic E-state index is 0.0633. The summed E-state index contributed by atoms with van der Waals surface area (Å²) < 4.78 is 81.7. The molecule has 1 aromatic carbocycles. The lowest BCUT2D eigenvalue weighted by atomic mass is 10.2. The zero-order valence-corrected chi connectivity index (χ0v) is 26.2. The van der Waals surface area contributed by atoms with Gasteiger partial charge in [0, 0.05) is 0 Å². The number of aryl methyl sites for hydroxylation is 1. The van der Waals surface area contributed by atoms with Crippen molar-refractivity contribution in [2.75, 3.05) is 133 Å². The molecule has 0 unspecified atom stereocenters. The van der Waals surface area contributed by atoms with Gasteiger partial charge in [-0.2, -0.15) is 8.42 Å². The fourth-order valence-corrected chi connectivity index (χ4v) is 3.84. The van der Waals surface area contributed by atoms with Crippen LogP contribution in [-0.2, 0) is 66.5 Å². The Morgan fingerprint density at radius 1 is 0.512 bits per heavy atom. The van der Waals surface area contributed by atoms with Crippen LogP contribution in [0.25, 0.3) is 0 Å². The number of ether oxygens (including phenoxy) is 10. The molecule has 0 radical (unpaired) electrons. The Labute approximate surface area is 255 Å². The number of carbonyl (C=O) groups is 1. The Balaban J connectivity index is 1.71. The lowest BCUT2D eigenvalue weighted by Crippen LogP contribution is -2.16. The Morgan fingerprint density at radius 3 is 1.14 bits per heavy atom. The molecular formula is C28H48O14S. The van der Waals surface area contributed by atoms with Gasteiger partial charge < -0.3 is 47.4 Å². The molecule has 0 atom stereocenters. The monoisotopic (exact) mass is 640 g/mol. The fraction of sp³-hybridized carbons (Fsp3) is 0.750. The summed E-state index contributed by atoms with van der Waals surface area (Å²) in [4.78, 5) is 11.0. The first-order chi connectivity index (χ1) is 21.0. The average Bonchev–Trinajstić information content (AvgIpc) is 3.00. The normalized spacial score (nSPS) is 11.7. The third-order valence-electron chi connectivity index (χ3n) is 5.20. The molecule has 0 aromatic heterocycles. The highest BCUT2D eigenvalue weighted by atomic mass is 32.2. The van der Waals surface area contributed by atoms with Crippen LogP contribution in [0.5, 0.6) is 0 Å². The van der Waals surface area contributed by atoms with Crippen LogP contribution in [0.4, 0.5) is 0 Å². The molecule has 250 valence electrons. The number of methoxy groups -OCH3 is 1. The van der Waals surface area contributed by atoms with Crippen LogP contribution in [0.15, 0.2) is 29.2 Å². The molecule has 0 bridgehead atoms. The highest BCUT2D eigenvalue weighted by Gasteiger charge is 2.14. The zero-order valence-electron chi connectivity index (χ0n) is 25.4. The van der Waals surface area contributed by atoms with E-state index in [1.54, 1.807) is 12.1 Å². The minimum atomic E-state index is -3.78. The minimum Gasteiger partial charge on any atom is -0.467 e. The summed E-state index contributed by atoms with van der Waals surface area (Å²) in [6.07, 6.45) is 0. The molecule has 14 nitrogen and oxygen atoms in total. The molecule has 0 N–H and O–H groups in total. The van der Waals surface area contributed by atoms with E-state index in [1.165, 1.54) is 19.2 Å². The summed E-state index contributed by atoms with van der Waals surface area (Å²) in [6, 6.07) is 6.46. The van der Waals surface area contributed by atoms with E-state index < -0.39 is 16.1 Å². The van der Waals surface area contributed by atoms with E-state index in [4.69, 9.17) is 46.8 Å². The highest BCUT2D eigenvalue weighted by molar-refractivity contribution is 7.86. The van der Waals surface area contributed by atoms with Gasteiger partial charge in [0.1, 0.15) is 6.61 Å². The van der Waals surface area contributed by atoms with Crippen molar-refractivity contribution in [1.82, 2.24) is 0 Å². The topological polar surface area (TPSA) is 153 Å². The summed E-state index contributed by atoms with van der Waals surface area (Å²) >= 11 is 0. The van der Waals surface area contributed by atoms with Crippen molar-refractivity contribution >= 4 is 16.1 Å². The van der Waals surface area contributed by atoms with Crippen LogP contribution < -0.4 is 0 Å². The predicted molar refractivity (Wildman–Crippen MR) is 154 cm³/mol. The Hall–Kier alpha value is -1.76. The van der Waals surface area contributed by atoms with E-state index in [0.717, 1.165) is 5.56 Å². The second-order valence-electron chi connectivity index (χ2n) is 8.62. The van der Waals surface area contributed by atoms with Gasteiger partial charge in [-0.1, -0.05) is 17.7 Å². The van der Waals surface area contributed by atoms with Crippen molar-refractivity contribution < 1.29 is 64.8 Å². The summed E-state index contributed by atoms with van der Waals surface area (Å²) in [5, 5.41) is 0. The number of hydrogen-bond acceptors (Lipinski definition) is 14. The van der Waals surface area contributed by atoms with E-state index in [0.29, 0.717) is 106 Å². The van der Waals surface area contributed by atoms with E-state index >= 15 is 0 Å². The van der Waals surface area contributed by atoms with Gasteiger partial charge in [-0.3, -0.25) is 4.18 Å². The number of hydrogen-bond donors (Lipinski definition) is 0. The largest absolute Gasteiger partial charge is 0.467 e. The Morgan fingerprint density at radius 2 is 0.814 bits per heavy atom. The third kappa shape index (κ3) is 24.3. The molecule has 0 aliphatic carbocycles. The van der Waals surface area contributed by atoms with Crippen LogP contribution in [0.3, 0.4) is 0 Å². The number of rotatable bonds is 31. The highest BCUT2D eigenvalue weighted by Crippen LogP contribution is 2.12.